The summed E-state index contributed by atoms with van der Waals surface area (Å²) in [6, 6.07) is 10.7. The van der Waals surface area contributed by atoms with E-state index in [-0.39, 0.29) is 11.3 Å². The summed E-state index contributed by atoms with van der Waals surface area (Å²) in [6.45, 7) is 1.98. The summed E-state index contributed by atoms with van der Waals surface area (Å²) in [7, 11) is 0. The standard InChI is InChI=1S/C15H12FN3O2/c1-10-2-3-11(6-15(10)19(20)21)9-18-14-5-4-13(16)7-12(14)8-17/h2-7,18H,9H2,1H3. The Kier molecular flexibility index (Phi) is 4.14. The molecule has 0 bridgehead atoms. The van der Waals surface area contributed by atoms with Crippen LogP contribution in [0.3, 0.4) is 0 Å². The van der Waals surface area contributed by atoms with E-state index >= 15 is 0 Å². The van der Waals surface area contributed by atoms with Crippen molar-refractivity contribution in [2.24, 2.45) is 0 Å². The Balaban J connectivity index is 2.19. The van der Waals surface area contributed by atoms with E-state index in [0.29, 0.717) is 23.4 Å². The second kappa shape index (κ2) is 6.01. The largest absolute Gasteiger partial charge is 0.380 e. The first-order chi connectivity index (χ1) is 10.0. The molecule has 5 nitrogen and oxygen atoms in total. The number of nitro benzene ring substituents is 1. The predicted octanol–water partition coefficient (Wildman–Crippen LogP) is 3.53. The van der Waals surface area contributed by atoms with Crippen molar-refractivity contribution in [3.05, 3.63) is 69.0 Å². The topological polar surface area (TPSA) is 79.0 Å². The van der Waals surface area contributed by atoms with Gasteiger partial charge < -0.3 is 5.32 Å². The van der Waals surface area contributed by atoms with E-state index in [9.17, 15) is 14.5 Å². The molecule has 0 fully saturated rings. The maximum atomic E-state index is 13.0. The third kappa shape index (κ3) is 3.34. The second-order valence-corrected chi connectivity index (χ2v) is 4.53. The number of nitro groups is 1. The summed E-state index contributed by atoms with van der Waals surface area (Å²) in [5, 5.41) is 22.8. The number of benzene rings is 2. The van der Waals surface area contributed by atoms with Gasteiger partial charge in [-0.25, -0.2) is 4.39 Å². The Labute approximate surface area is 120 Å². The molecule has 1 N–H and O–H groups in total. The van der Waals surface area contributed by atoms with Crippen molar-refractivity contribution in [1.82, 2.24) is 0 Å². The SMILES string of the molecule is Cc1ccc(CNc2ccc(F)cc2C#N)cc1[N+](=O)[O-]. The van der Waals surface area contributed by atoms with Crippen LogP contribution < -0.4 is 5.32 Å². The first kappa shape index (κ1) is 14.5. The van der Waals surface area contributed by atoms with Crippen LogP contribution in [0.2, 0.25) is 0 Å². The van der Waals surface area contributed by atoms with E-state index in [1.54, 1.807) is 19.1 Å². The number of nitrogens with zero attached hydrogens (tertiary/aromatic N) is 2. The Bertz CT molecular complexity index is 738. The van der Waals surface area contributed by atoms with Crippen molar-refractivity contribution < 1.29 is 9.31 Å². The number of aryl methyl sites for hydroxylation is 1. The fourth-order valence-corrected chi connectivity index (χ4v) is 1.92. The van der Waals surface area contributed by atoms with E-state index in [4.69, 9.17) is 5.26 Å². The van der Waals surface area contributed by atoms with E-state index in [2.05, 4.69) is 5.32 Å². The van der Waals surface area contributed by atoms with Gasteiger partial charge in [0.25, 0.3) is 5.69 Å². The molecule has 0 amide bonds. The van der Waals surface area contributed by atoms with Gasteiger partial charge in [-0.15, -0.1) is 0 Å². The van der Waals surface area contributed by atoms with E-state index < -0.39 is 10.7 Å². The Morgan fingerprint density at radius 3 is 2.76 bits per heavy atom. The maximum Gasteiger partial charge on any atom is 0.272 e. The number of nitriles is 1. The lowest BCUT2D eigenvalue weighted by atomic mass is 10.1. The Hall–Kier alpha value is -2.94. The van der Waals surface area contributed by atoms with Crippen molar-refractivity contribution >= 4 is 11.4 Å². The van der Waals surface area contributed by atoms with Crippen LogP contribution in [-0.2, 0) is 6.54 Å². The highest BCUT2D eigenvalue weighted by Gasteiger charge is 2.11. The van der Waals surface area contributed by atoms with Crippen LogP contribution in [0, 0.1) is 34.2 Å². The highest BCUT2D eigenvalue weighted by atomic mass is 19.1. The molecule has 6 heteroatoms. The third-order valence-electron chi connectivity index (χ3n) is 3.06. The molecule has 2 rings (SSSR count). The van der Waals surface area contributed by atoms with Gasteiger partial charge in [0.15, 0.2) is 0 Å². The van der Waals surface area contributed by atoms with Crippen LogP contribution in [0.1, 0.15) is 16.7 Å². The van der Waals surface area contributed by atoms with Crippen LogP contribution in [0.4, 0.5) is 15.8 Å². The number of hydrogen-bond donors (Lipinski definition) is 1. The van der Waals surface area contributed by atoms with Crippen molar-refractivity contribution in [2.45, 2.75) is 13.5 Å². The molecule has 0 aliphatic rings. The zero-order valence-electron chi connectivity index (χ0n) is 11.3. The molecule has 0 heterocycles. The predicted molar refractivity (Wildman–Crippen MR) is 76.3 cm³/mol. The maximum absolute atomic E-state index is 13.0. The summed E-state index contributed by atoms with van der Waals surface area (Å²) >= 11 is 0. The summed E-state index contributed by atoms with van der Waals surface area (Å²) < 4.78 is 13.0. The van der Waals surface area contributed by atoms with Gasteiger partial charge in [-0.05, 0) is 30.7 Å². The monoisotopic (exact) mass is 285 g/mol. The third-order valence-corrected chi connectivity index (χ3v) is 3.06. The molecular weight excluding hydrogens is 273 g/mol. The van der Waals surface area contributed by atoms with E-state index in [1.165, 1.54) is 18.2 Å². The number of rotatable bonds is 4. The normalized spacial score (nSPS) is 9.95. The van der Waals surface area contributed by atoms with Gasteiger partial charge in [-0.1, -0.05) is 12.1 Å². The van der Waals surface area contributed by atoms with Gasteiger partial charge in [0.2, 0.25) is 0 Å². The average Bonchev–Trinajstić information content (AvgIpc) is 2.46. The van der Waals surface area contributed by atoms with E-state index in [0.717, 1.165) is 6.07 Å². The molecule has 2 aromatic rings. The molecule has 0 radical (unpaired) electrons. The lowest BCUT2D eigenvalue weighted by molar-refractivity contribution is -0.385. The molecular formula is C15H12FN3O2. The summed E-state index contributed by atoms with van der Waals surface area (Å²) in [5.41, 5.74) is 2.02. The molecule has 21 heavy (non-hydrogen) atoms. The lowest BCUT2D eigenvalue weighted by Gasteiger charge is -2.09. The summed E-state index contributed by atoms with van der Waals surface area (Å²) in [4.78, 5) is 10.5. The quantitative estimate of drug-likeness (QED) is 0.688. The molecule has 0 atom stereocenters. The van der Waals surface area contributed by atoms with Crippen molar-refractivity contribution in [3.63, 3.8) is 0 Å². The molecule has 0 aliphatic carbocycles. The molecule has 2 aromatic carbocycles. The smallest absolute Gasteiger partial charge is 0.272 e. The Morgan fingerprint density at radius 1 is 1.33 bits per heavy atom. The number of hydrogen-bond acceptors (Lipinski definition) is 4. The number of anilines is 1. The van der Waals surface area contributed by atoms with Crippen LogP contribution in [-0.4, -0.2) is 4.92 Å². The molecule has 0 saturated heterocycles. The van der Waals surface area contributed by atoms with Crippen LogP contribution in [0.25, 0.3) is 0 Å². The number of nitrogens with one attached hydrogen (secondary N) is 1. The molecule has 106 valence electrons. The number of halogens is 1. The van der Waals surface area contributed by atoms with Crippen molar-refractivity contribution in [2.75, 3.05) is 5.32 Å². The van der Waals surface area contributed by atoms with E-state index in [1.807, 2.05) is 6.07 Å². The minimum atomic E-state index is -0.483. The molecule has 0 unspecified atom stereocenters. The summed E-state index contributed by atoms with van der Waals surface area (Å²) in [5.74, 6) is -0.483. The fraction of sp³-hybridized carbons (Fsp3) is 0.133. The lowest BCUT2D eigenvalue weighted by Crippen LogP contribution is -2.03. The first-order valence-electron chi connectivity index (χ1n) is 6.18. The zero-order chi connectivity index (χ0) is 15.4. The minimum Gasteiger partial charge on any atom is -0.380 e. The van der Waals surface area contributed by atoms with Crippen LogP contribution >= 0.6 is 0 Å². The second-order valence-electron chi connectivity index (χ2n) is 4.53. The first-order valence-corrected chi connectivity index (χ1v) is 6.18. The van der Waals surface area contributed by atoms with Gasteiger partial charge in [-0.2, -0.15) is 5.26 Å². The van der Waals surface area contributed by atoms with Gasteiger partial charge in [0, 0.05) is 18.2 Å². The molecule has 0 aromatic heterocycles. The van der Waals surface area contributed by atoms with Crippen LogP contribution in [0.5, 0.6) is 0 Å². The highest BCUT2D eigenvalue weighted by Crippen LogP contribution is 2.21. The fourth-order valence-electron chi connectivity index (χ4n) is 1.92. The average molecular weight is 285 g/mol. The van der Waals surface area contributed by atoms with Gasteiger partial charge >= 0.3 is 0 Å². The van der Waals surface area contributed by atoms with Crippen molar-refractivity contribution in [3.8, 4) is 6.07 Å². The molecule has 0 saturated carbocycles. The van der Waals surface area contributed by atoms with Gasteiger partial charge in [-0.3, -0.25) is 10.1 Å². The van der Waals surface area contributed by atoms with Gasteiger partial charge in [0.1, 0.15) is 11.9 Å². The zero-order valence-corrected chi connectivity index (χ0v) is 11.3. The van der Waals surface area contributed by atoms with Crippen LogP contribution in [0.15, 0.2) is 36.4 Å². The highest BCUT2D eigenvalue weighted by molar-refractivity contribution is 5.57. The molecule has 0 spiro atoms. The van der Waals surface area contributed by atoms with Crippen molar-refractivity contribution in [1.29, 1.82) is 5.26 Å². The van der Waals surface area contributed by atoms with Gasteiger partial charge in [0.05, 0.1) is 16.2 Å². The minimum absolute atomic E-state index is 0.0499. The summed E-state index contributed by atoms with van der Waals surface area (Å²) in [6.07, 6.45) is 0. The Morgan fingerprint density at radius 2 is 2.10 bits per heavy atom. The molecule has 0 aliphatic heterocycles.